The van der Waals surface area contributed by atoms with Crippen molar-refractivity contribution < 1.29 is 9.53 Å². The van der Waals surface area contributed by atoms with Crippen LogP contribution in [0.15, 0.2) is 21.7 Å². The van der Waals surface area contributed by atoms with Crippen LogP contribution in [0.25, 0.3) is 0 Å². The van der Waals surface area contributed by atoms with Gasteiger partial charge in [0.15, 0.2) is 0 Å². The zero-order valence-corrected chi connectivity index (χ0v) is 10.7. The molecular formula is C11H16O2S2. The van der Waals surface area contributed by atoms with E-state index in [1.807, 2.05) is 11.8 Å². The first-order chi connectivity index (χ1) is 7.22. The van der Waals surface area contributed by atoms with E-state index in [0.29, 0.717) is 12.3 Å². The van der Waals surface area contributed by atoms with Crippen LogP contribution < -0.4 is 0 Å². The van der Waals surface area contributed by atoms with Gasteiger partial charge in [-0.1, -0.05) is 13.0 Å². The molecule has 1 unspecified atom stereocenters. The third-order valence-corrected chi connectivity index (χ3v) is 4.26. The van der Waals surface area contributed by atoms with Crippen molar-refractivity contribution in [2.75, 3.05) is 12.9 Å². The minimum Gasteiger partial charge on any atom is -0.469 e. The van der Waals surface area contributed by atoms with Crippen LogP contribution in [0, 0.1) is 5.92 Å². The number of thiophene rings is 1. The van der Waals surface area contributed by atoms with E-state index in [1.165, 1.54) is 11.3 Å². The molecule has 0 N–H and O–H groups in total. The van der Waals surface area contributed by atoms with Crippen LogP contribution >= 0.6 is 23.1 Å². The molecule has 1 aromatic heterocycles. The van der Waals surface area contributed by atoms with Gasteiger partial charge in [-0.05, 0) is 29.5 Å². The van der Waals surface area contributed by atoms with Crippen molar-refractivity contribution in [1.82, 2.24) is 0 Å². The Morgan fingerprint density at radius 3 is 3.07 bits per heavy atom. The average molecular weight is 244 g/mol. The molecule has 1 aromatic rings. The van der Waals surface area contributed by atoms with E-state index >= 15 is 0 Å². The van der Waals surface area contributed by atoms with E-state index in [1.54, 1.807) is 11.3 Å². The smallest absolute Gasteiger partial charge is 0.305 e. The third kappa shape index (κ3) is 5.23. The Balaban J connectivity index is 2.12. The first kappa shape index (κ1) is 12.6. The normalized spacial score (nSPS) is 12.4. The second kappa shape index (κ2) is 6.90. The van der Waals surface area contributed by atoms with E-state index in [2.05, 4.69) is 29.2 Å². The molecule has 0 amide bonds. The predicted molar refractivity (Wildman–Crippen MR) is 65.5 cm³/mol. The number of hydrogen-bond donors (Lipinski definition) is 0. The van der Waals surface area contributed by atoms with Crippen LogP contribution in [0.5, 0.6) is 0 Å². The number of carbonyl (C=O) groups excluding carboxylic acids is 1. The van der Waals surface area contributed by atoms with Gasteiger partial charge < -0.3 is 4.74 Å². The molecule has 0 bridgehead atoms. The van der Waals surface area contributed by atoms with Crippen molar-refractivity contribution in [2.24, 2.45) is 5.92 Å². The molecule has 0 aliphatic heterocycles. The Kier molecular flexibility index (Phi) is 5.79. The molecule has 84 valence electrons. The lowest BCUT2D eigenvalue weighted by Gasteiger charge is -2.08. The van der Waals surface area contributed by atoms with Crippen molar-refractivity contribution in [3.8, 4) is 0 Å². The van der Waals surface area contributed by atoms with Crippen molar-refractivity contribution in [2.45, 2.75) is 24.0 Å². The number of methoxy groups -OCH3 is 1. The summed E-state index contributed by atoms with van der Waals surface area (Å²) >= 11 is 3.62. The van der Waals surface area contributed by atoms with E-state index in [0.717, 1.165) is 12.2 Å². The maximum Gasteiger partial charge on any atom is 0.305 e. The highest BCUT2D eigenvalue weighted by atomic mass is 32.2. The van der Waals surface area contributed by atoms with Crippen molar-refractivity contribution in [1.29, 1.82) is 0 Å². The Bertz CT molecular complexity index is 283. The Labute approximate surface area is 99.0 Å². The van der Waals surface area contributed by atoms with E-state index in [9.17, 15) is 4.79 Å². The second-order valence-electron chi connectivity index (χ2n) is 3.45. The standard InChI is InChI=1S/C11H16O2S2/c1-9(8-10(12)13-2)5-7-15-11-4-3-6-14-11/h3-4,6,9H,5,7-8H2,1-2H3. The van der Waals surface area contributed by atoms with Gasteiger partial charge in [-0.3, -0.25) is 4.79 Å². The summed E-state index contributed by atoms with van der Waals surface area (Å²) in [6.45, 7) is 2.09. The van der Waals surface area contributed by atoms with E-state index < -0.39 is 0 Å². The van der Waals surface area contributed by atoms with Gasteiger partial charge in [-0.15, -0.1) is 23.1 Å². The van der Waals surface area contributed by atoms with Crippen molar-refractivity contribution in [3.63, 3.8) is 0 Å². The molecule has 0 aliphatic carbocycles. The first-order valence-corrected chi connectivity index (χ1v) is 6.82. The SMILES string of the molecule is COC(=O)CC(C)CCSc1cccs1. The van der Waals surface area contributed by atoms with E-state index in [-0.39, 0.29) is 5.97 Å². The number of hydrogen-bond acceptors (Lipinski definition) is 4. The van der Waals surface area contributed by atoms with Crippen LogP contribution in [-0.2, 0) is 9.53 Å². The fourth-order valence-corrected chi connectivity index (χ4v) is 3.21. The summed E-state index contributed by atoms with van der Waals surface area (Å²) in [5.74, 6) is 1.37. The van der Waals surface area contributed by atoms with Gasteiger partial charge >= 0.3 is 5.97 Å². The summed E-state index contributed by atoms with van der Waals surface area (Å²) in [6, 6.07) is 4.19. The summed E-state index contributed by atoms with van der Waals surface area (Å²) < 4.78 is 5.98. The summed E-state index contributed by atoms with van der Waals surface area (Å²) in [5.41, 5.74) is 0. The molecule has 15 heavy (non-hydrogen) atoms. The summed E-state index contributed by atoms with van der Waals surface area (Å²) in [7, 11) is 1.44. The molecule has 1 rings (SSSR count). The fraction of sp³-hybridized carbons (Fsp3) is 0.545. The second-order valence-corrected chi connectivity index (χ2v) is 5.80. The zero-order valence-electron chi connectivity index (χ0n) is 9.06. The summed E-state index contributed by atoms with van der Waals surface area (Å²) in [5, 5.41) is 2.08. The molecule has 0 saturated carbocycles. The van der Waals surface area contributed by atoms with Crippen LogP contribution in [0.1, 0.15) is 19.8 Å². The average Bonchev–Trinajstić information content (AvgIpc) is 2.70. The van der Waals surface area contributed by atoms with Gasteiger partial charge in [0.25, 0.3) is 0 Å². The molecule has 0 saturated heterocycles. The Hall–Kier alpha value is -0.480. The van der Waals surface area contributed by atoms with Crippen LogP contribution in [-0.4, -0.2) is 18.8 Å². The van der Waals surface area contributed by atoms with Crippen LogP contribution in [0.4, 0.5) is 0 Å². The number of ether oxygens (including phenoxy) is 1. The number of esters is 1. The van der Waals surface area contributed by atoms with Gasteiger partial charge in [-0.25, -0.2) is 0 Å². The van der Waals surface area contributed by atoms with Gasteiger partial charge in [0, 0.05) is 6.42 Å². The number of rotatable bonds is 6. The topological polar surface area (TPSA) is 26.3 Å². The minimum absolute atomic E-state index is 0.108. The lowest BCUT2D eigenvalue weighted by atomic mass is 10.1. The number of carbonyl (C=O) groups is 1. The summed E-state index contributed by atoms with van der Waals surface area (Å²) in [4.78, 5) is 11.0. The van der Waals surface area contributed by atoms with Crippen molar-refractivity contribution >= 4 is 29.1 Å². The maximum atomic E-state index is 11.0. The molecule has 0 spiro atoms. The van der Waals surface area contributed by atoms with Gasteiger partial charge in [0.05, 0.1) is 11.3 Å². The predicted octanol–water partition coefficient (Wildman–Crippen LogP) is 3.43. The molecule has 0 aromatic carbocycles. The molecule has 2 nitrogen and oxygen atoms in total. The fourth-order valence-electron chi connectivity index (χ4n) is 1.18. The third-order valence-electron chi connectivity index (χ3n) is 2.09. The van der Waals surface area contributed by atoms with Crippen LogP contribution in [0.2, 0.25) is 0 Å². The van der Waals surface area contributed by atoms with Gasteiger partial charge in [-0.2, -0.15) is 0 Å². The molecule has 1 heterocycles. The highest BCUT2D eigenvalue weighted by Crippen LogP contribution is 2.25. The lowest BCUT2D eigenvalue weighted by molar-refractivity contribution is -0.141. The molecule has 0 aliphatic rings. The highest BCUT2D eigenvalue weighted by molar-refractivity contribution is 8.01. The van der Waals surface area contributed by atoms with Gasteiger partial charge in [0.1, 0.15) is 0 Å². The highest BCUT2D eigenvalue weighted by Gasteiger charge is 2.08. The summed E-state index contributed by atoms with van der Waals surface area (Å²) in [6.07, 6.45) is 1.58. The van der Waals surface area contributed by atoms with E-state index in [4.69, 9.17) is 0 Å². The Morgan fingerprint density at radius 1 is 1.67 bits per heavy atom. The van der Waals surface area contributed by atoms with Crippen molar-refractivity contribution in [3.05, 3.63) is 17.5 Å². The molecule has 0 fully saturated rings. The van der Waals surface area contributed by atoms with Crippen LogP contribution in [0.3, 0.4) is 0 Å². The molecule has 4 heteroatoms. The number of thioether (sulfide) groups is 1. The molecule has 0 radical (unpaired) electrons. The monoisotopic (exact) mass is 244 g/mol. The molecular weight excluding hydrogens is 228 g/mol. The zero-order chi connectivity index (χ0) is 11.1. The first-order valence-electron chi connectivity index (χ1n) is 4.95. The quantitative estimate of drug-likeness (QED) is 0.566. The lowest BCUT2D eigenvalue weighted by Crippen LogP contribution is -2.07. The van der Waals surface area contributed by atoms with Gasteiger partial charge in [0.2, 0.25) is 0 Å². The molecule has 1 atom stereocenters. The largest absolute Gasteiger partial charge is 0.469 e. The maximum absolute atomic E-state index is 11.0. The minimum atomic E-state index is -0.108. The Morgan fingerprint density at radius 2 is 2.47 bits per heavy atom.